The molecule has 2 rings (SSSR count). The average Bonchev–Trinajstić information content (AvgIpc) is 2.59. The normalized spacial score (nSPS) is 13.4. The second kappa shape index (κ2) is 8.91. The number of hydrogen-bond acceptors (Lipinski definition) is 3. The van der Waals surface area contributed by atoms with Crippen LogP contribution in [0.2, 0.25) is 5.02 Å². The smallest absolute Gasteiger partial charge is 0.408 e. The summed E-state index contributed by atoms with van der Waals surface area (Å²) in [6, 6.07) is 15.8. The molecule has 5 nitrogen and oxygen atoms in total. The van der Waals surface area contributed by atoms with Gasteiger partial charge in [0.25, 0.3) is 0 Å². The lowest BCUT2D eigenvalue weighted by Crippen LogP contribution is -2.47. The van der Waals surface area contributed by atoms with E-state index >= 15 is 0 Å². The Morgan fingerprint density at radius 1 is 0.926 bits per heavy atom. The number of halogens is 1. The van der Waals surface area contributed by atoms with Crippen LogP contribution in [0.25, 0.3) is 0 Å². The van der Waals surface area contributed by atoms with E-state index in [0.29, 0.717) is 5.02 Å². The van der Waals surface area contributed by atoms with Crippen LogP contribution in [0.15, 0.2) is 54.6 Å². The summed E-state index contributed by atoms with van der Waals surface area (Å²) >= 11 is 5.98. The van der Waals surface area contributed by atoms with Crippen molar-refractivity contribution in [2.45, 2.75) is 45.4 Å². The van der Waals surface area contributed by atoms with Crippen LogP contribution in [-0.2, 0) is 9.53 Å². The van der Waals surface area contributed by atoms with Gasteiger partial charge in [0, 0.05) is 5.02 Å². The van der Waals surface area contributed by atoms with E-state index in [-0.39, 0.29) is 11.9 Å². The van der Waals surface area contributed by atoms with Crippen LogP contribution in [0.5, 0.6) is 0 Å². The maximum Gasteiger partial charge on any atom is 0.408 e. The van der Waals surface area contributed by atoms with Gasteiger partial charge in [0.05, 0.1) is 6.04 Å². The maximum atomic E-state index is 12.7. The van der Waals surface area contributed by atoms with E-state index in [2.05, 4.69) is 10.6 Å². The molecular weight excluding hydrogens is 364 g/mol. The zero-order chi connectivity index (χ0) is 20.0. The van der Waals surface area contributed by atoms with Crippen molar-refractivity contribution in [3.8, 4) is 0 Å². The van der Waals surface area contributed by atoms with E-state index in [0.717, 1.165) is 11.1 Å². The molecule has 2 atom stereocenters. The standard InChI is InChI=1S/C21H25ClN2O3/c1-14(23-20(26)27-21(2,3)4)19(25)24-18(15-8-6-5-7-9-15)16-10-12-17(22)13-11-16/h5-14,18H,1-4H3,(H,23,26)(H,24,25). The first-order valence-corrected chi connectivity index (χ1v) is 9.14. The van der Waals surface area contributed by atoms with Crippen molar-refractivity contribution in [3.05, 3.63) is 70.7 Å². The Hall–Kier alpha value is -2.53. The third kappa shape index (κ3) is 6.61. The molecule has 0 aliphatic carbocycles. The van der Waals surface area contributed by atoms with Crippen molar-refractivity contribution in [2.24, 2.45) is 0 Å². The lowest BCUT2D eigenvalue weighted by Gasteiger charge is -2.24. The Balaban J connectivity index is 2.14. The molecule has 0 aromatic heterocycles. The second-order valence-electron chi connectivity index (χ2n) is 7.27. The molecule has 2 aromatic rings. The van der Waals surface area contributed by atoms with E-state index in [4.69, 9.17) is 16.3 Å². The van der Waals surface area contributed by atoms with Crippen LogP contribution >= 0.6 is 11.6 Å². The summed E-state index contributed by atoms with van der Waals surface area (Å²) in [5.74, 6) is -0.315. The third-order valence-corrected chi connectivity index (χ3v) is 4.00. The number of ether oxygens (including phenoxy) is 1. The minimum atomic E-state index is -0.752. The van der Waals surface area contributed by atoms with Crippen molar-refractivity contribution in [1.29, 1.82) is 0 Å². The molecule has 0 saturated heterocycles. The van der Waals surface area contributed by atoms with Crippen LogP contribution < -0.4 is 10.6 Å². The summed E-state index contributed by atoms with van der Waals surface area (Å²) in [5, 5.41) is 6.17. The third-order valence-electron chi connectivity index (χ3n) is 3.75. The number of alkyl carbamates (subject to hydrolysis) is 1. The second-order valence-corrected chi connectivity index (χ2v) is 7.71. The highest BCUT2D eigenvalue weighted by atomic mass is 35.5. The predicted molar refractivity (Wildman–Crippen MR) is 107 cm³/mol. The number of carbonyl (C=O) groups is 2. The van der Waals surface area contributed by atoms with E-state index < -0.39 is 17.7 Å². The molecule has 0 aliphatic rings. The van der Waals surface area contributed by atoms with Gasteiger partial charge in [0.2, 0.25) is 5.91 Å². The Labute approximate surface area is 165 Å². The fourth-order valence-corrected chi connectivity index (χ4v) is 2.60. The highest BCUT2D eigenvalue weighted by molar-refractivity contribution is 6.30. The zero-order valence-electron chi connectivity index (χ0n) is 16.0. The quantitative estimate of drug-likeness (QED) is 0.794. The first-order chi connectivity index (χ1) is 12.7. The molecule has 144 valence electrons. The minimum absolute atomic E-state index is 0.315. The fourth-order valence-electron chi connectivity index (χ4n) is 2.48. The van der Waals surface area contributed by atoms with E-state index in [1.807, 2.05) is 42.5 Å². The molecular formula is C21H25ClN2O3. The monoisotopic (exact) mass is 388 g/mol. The number of hydrogen-bond donors (Lipinski definition) is 2. The van der Waals surface area contributed by atoms with Gasteiger partial charge in [0.15, 0.2) is 0 Å². The molecule has 0 fully saturated rings. The van der Waals surface area contributed by atoms with Gasteiger partial charge in [-0.2, -0.15) is 0 Å². The molecule has 0 heterocycles. The topological polar surface area (TPSA) is 67.4 Å². The van der Waals surface area contributed by atoms with Gasteiger partial charge in [0.1, 0.15) is 11.6 Å². The van der Waals surface area contributed by atoms with Crippen molar-refractivity contribution < 1.29 is 14.3 Å². The number of nitrogens with one attached hydrogen (secondary N) is 2. The van der Waals surface area contributed by atoms with Gasteiger partial charge < -0.3 is 15.4 Å². The van der Waals surface area contributed by atoms with Crippen LogP contribution in [-0.4, -0.2) is 23.6 Å². The maximum absolute atomic E-state index is 12.7. The summed E-state index contributed by atoms with van der Waals surface area (Å²) in [6.45, 7) is 6.92. The molecule has 0 saturated carbocycles. The Bertz CT molecular complexity index is 770. The van der Waals surface area contributed by atoms with E-state index in [1.165, 1.54) is 0 Å². The van der Waals surface area contributed by atoms with E-state index in [9.17, 15) is 9.59 Å². The number of amides is 2. The summed E-state index contributed by atoms with van der Waals surface area (Å²) in [4.78, 5) is 24.6. The lowest BCUT2D eigenvalue weighted by molar-refractivity contribution is -0.123. The zero-order valence-corrected chi connectivity index (χ0v) is 16.7. The Kier molecular flexibility index (Phi) is 6.86. The van der Waals surface area contributed by atoms with Gasteiger partial charge in [-0.3, -0.25) is 4.79 Å². The molecule has 2 aromatic carbocycles. The molecule has 0 radical (unpaired) electrons. The van der Waals surface area contributed by atoms with Gasteiger partial charge in [-0.05, 0) is 51.0 Å². The summed E-state index contributed by atoms with van der Waals surface area (Å²) < 4.78 is 5.20. The van der Waals surface area contributed by atoms with Crippen LogP contribution in [0, 0.1) is 0 Å². The van der Waals surface area contributed by atoms with Crippen LogP contribution in [0.4, 0.5) is 4.79 Å². The number of benzene rings is 2. The molecule has 0 spiro atoms. The first-order valence-electron chi connectivity index (χ1n) is 8.76. The van der Waals surface area contributed by atoms with Crippen molar-refractivity contribution in [2.75, 3.05) is 0 Å². The average molecular weight is 389 g/mol. The Morgan fingerprint density at radius 2 is 1.48 bits per heavy atom. The lowest BCUT2D eigenvalue weighted by atomic mass is 9.98. The summed E-state index contributed by atoms with van der Waals surface area (Å²) in [7, 11) is 0. The van der Waals surface area contributed by atoms with Crippen LogP contribution in [0.3, 0.4) is 0 Å². The largest absolute Gasteiger partial charge is 0.444 e. The molecule has 2 amide bonds. The molecule has 6 heteroatoms. The highest BCUT2D eigenvalue weighted by Crippen LogP contribution is 2.23. The van der Waals surface area contributed by atoms with Gasteiger partial charge >= 0.3 is 6.09 Å². The Morgan fingerprint density at radius 3 is 2.04 bits per heavy atom. The fraction of sp³-hybridized carbons (Fsp3) is 0.333. The first kappa shape index (κ1) is 20.8. The summed E-state index contributed by atoms with van der Waals surface area (Å²) in [5.41, 5.74) is 1.19. The van der Waals surface area contributed by atoms with Crippen molar-refractivity contribution >= 4 is 23.6 Å². The molecule has 0 bridgehead atoms. The molecule has 0 aliphatic heterocycles. The van der Waals surface area contributed by atoms with Gasteiger partial charge in [-0.1, -0.05) is 54.1 Å². The minimum Gasteiger partial charge on any atom is -0.444 e. The van der Waals surface area contributed by atoms with E-state index in [1.54, 1.807) is 39.8 Å². The number of carbonyl (C=O) groups excluding carboxylic acids is 2. The molecule has 2 unspecified atom stereocenters. The van der Waals surface area contributed by atoms with Crippen molar-refractivity contribution in [3.63, 3.8) is 0 Å². The summed E-state index contributed by atoms with van der Waals surface area (Å²) in [6.07, 6.45) is -0.632. The SMILES string of the molecule is CC(NC(=O)OC(C)(C)C)C(=O)NC(c1ccccc1)c1ccc(Cl)cc1. The molecule has 2 N–H and O–H groups in total. The highest BCUT2D eigenvalue weighted by Gasteiger charge is 2.24. The van der Waals surface area contributed by atoms with Crippen molar-refractivity contribution in [1.82, 2.24) is 10.6 Å². The molecule has 27 heavy (non-hydrogen) atoms. The van der Waals surface area contributed by atoms with Gasteiger partial charge in [-0.25, -0.2) is 4.79 Å². The number of rotatable bonds is 5. The van der Waals surface area contributed by atoms with Gasteiger partial charge in [-0.15, -0.1) is 0 Å². The van der Waals surface area contributed by atoms with Crippen LogP contribution in [0.1, 0.15) is 44.9 Å². The predicted octanol–water partition coefficient (Wildman–Crippen LogP) is 4.46.